The van der Waals surface area contributed by atoms with Gasteiger partial charge in [0.2, 0.25) is 0 Å². The number of hydrogen-bond donors (Lipinski definition) is 0. The topological polar surface area (TPSA) is 53.3 Å². The molecule has 0 atom stereocenters. The maximum absolute atomic E-state index is 11.7. The maximum Gasteiger partial charge on any atom is 0.416 e. The van der Waals surface area contributed by atoms with Crippen LogP contribution in [0.3, 0.4) is 0 Å². The predicted octanol–water partition coefficient (Wildman–Crippen LogP) is 2.42. The van der Waals surface area contributed by atoms with Crippen LogP contribution in [-0.4, -0.2) is 23.6 Å². The Morgan fingerprint density at radius 1 is 1.44 bits per heavy atom. The van der Waals surface area contributed by atoms with Crippen molar-refractivity contribution in [1.29, 1.82) is 5.26 Å². The molecule has 0 aliphatic heterocycles. The van der Waals surface area contributed by atoms with Crippen LogP contribution in [0.15, 0.2) is 30.3 Å². The van der Waals surface area contributed by atoms with Gasteiger partial charge in [0, 0.05) is 6.04 Å². The van der Waals surface area contributed by atoms with Crippen LogP contribution < -0.4 is 4.74 Å². The predicted molar refractivity (Wildman–Crippen MR) is 59.9 cm³/mol. The van der Waals surface area contributed by atoms with E-state index < -0.39 is 6.09 Å². The van der Waals surface area contributed by atoms with Crippen molar-refractivity contribution in [1.82, 2.24) is 4.90 Å². The van der Waals surface area contributed by atoms with Crippen molar-refractivity contribution in [3.63, 3.8) is 0 Å². The summed E-state index contributed by atoms with van der Waals surface area (Å²) in [5.74, 6) is 0.482. The summed E-state index contributed by atoms with van der Waals surface area (Å²) in [7, 11) is 0. The molecule has 0 saturated carbocycles. The largest absolute Gasteiger partial charge is 0.416 e. The third kappa shape index (κ3) is 3.28. The van der Waals surface area contributed by atoms with E-state index in [0.29, 0.717) is 5.75 Å². The zero-order valence-corrected chi connectivity index (χ0v) is 9.38. The van der Waals surface area contributed by atoms with Gasteiger partial charge >= 0.3 is 6.09 Å². The second-order valence-corrected chi connectivity index (χ2v) is 3.56. The Kier molecular flexibility index (Phi) is 4.34. The van der Waals surface area contributed by atoms with Gasteiger partial charge < -0.3 is 4.74 Å². The number of ether oxygens (including phenoxy) is 1. The molecule has 1 rings (SSSR count). The smallest absolute Gasteiger partial charge is 0.410 e. The fourth-order valence-corrected chi connectivity index (χ4v) is 1.18. The van der Waals surface area contributed by atoms with Crippen molar-refractivity contribution >= 4 is 6.09 Å². The summed E-state index contributed by atoms with van der Waals surface area (Å²) < 4.78 is 5.13. The number of hydrogen-bond acceptors (Lipinski definition) is 3. The van der Waals surface area contributed by atoms with E-state index in [2.05, 4.69) is 0 Å². The van der Waals surface area contributed by atoms with Crippen LogP contribution in [0, 0.1) is 11.3 Å². The monoisotopic (exact) mass is 218 g/mol. The molecule has 0 saturated heterocycles. The van der Waals surface area contributed by atoms with Gasteiger partial charge in [-0.3, -0.25) is 4.90 Å². The molecule has 0 unspecified atom stereocenters. The van der Waals surface area contributed by atoms with Crippen LogP contribution in [-0.2, 0) is 0 Å². The van der Waals surface area contributed by atoms with Crippen molar-refractivity contribution in [2.24, 2.45) is 0 Å². The van der Waals surface area contributed by atoms with Crippen LogP contribution >= 0.6 is 0 Å². The highest BCUT2D eigenvalue weighted by Crippen LogP contribution is 2.11. The zero-order valence-electron chi connectivity index (χ0n) is 9.38. The summed E-state index contributed by atoms with van der Waals surface area (Å²) in [4.78, 5) is 13.1. The third-order valence-electron chi connectivity index (χ3n) is 2.05. The number of benzene rings is 1. The average Bonchev–Trinajstić information content (AvgIpc) is 2.26. The van der Waals surface area contributed by atoms with E-state index in [1.165, 1.54) is 4.90 Å². The first-order chi connectivity index (χ1) is 7.65. The van der Waals surface area contributed by atoms with E-state index in [-0.39, 0.29) is 12.6 Å². The molecule has 0 aromatic heterocycles. The van der Waals surface area contributed by atoms with Crippen LogP contribution in [0.25, 0.3) is 0 Å². The van der Waals surface area contributed by atoms with E-state index in [0.717, 1.165) is 0 Å². The zero-order chi connectivity index (χ0) is 12.0. The Balaban J connectivity index is 2.67. The molecular formula is C12H14N2O2. The van der Waals surface area contributed by atoms with E-state index in [9.17, 15) is 4.79 Å². The highest BCUT2D eigenvalue weighted by atomic mass is 16.6. The molecule has 1 aromatic rings. The van der Waals surface area contributed by atoms with Gasteiger partial charge in [-0.25, -0.2) is 4.79 Å². The van der Waals surface area contributed by atoms with Gasteiger partial charge in [0.15, 0.2) is 0 Å². The minimum absolute atomic E-state index is 0.0311. The second kappa shape index (κ2) is 5.76. The van der Waals surface area contributed by atoms with Crippen LogP contribution in [0.2, 0.25) is 0 Å². The number of para-hydroxylation sites is 1. The molecule has 0 aliphatic rings. The molecule has 0 fully saturated rings. The quantitative estimate of drug-likeness (QED) is 0.732. The Bertz CT molecular complexity index is 382. The molecule has 0 heterocycles. The minimum Gasteiger partial charge on any atom is -0.410 e. The summed E-state index contributed by atoms with van der Waals surface area (Å²) in [6, 6.07) is 10.7. The number of carbonyl (C=O) groups excluding carboxylic acids is 1. The second-order valence-electron chi connectivity index (χ2n) is 3.56. The normalized spacial score (nSPS) is 9.62. The summed E-state index contributed by atoms with van der Waals surface area (Å²) in [5.41, 5.74) is 0. The molecular weight excluding hydrogens is 204 g/mol. The molecule has 0 bridgehead atoms. The molecule has 0 spiro atoms. The standard InChI is InChI=1S/C12H14N2O2/c1-10(2)14(9-8-13)12(15)16-11-6-4-3-5-7-11/h3-7,10H,9H2,1-2H3. The van der Waals surface area contributed by atoms with Gasteiger partial charge in [-0.2, -0.15) is 5.26 Å². The van der Waals surface area contributed by atoms with Crippen LogP contribution in [0.1, 0.15) is 13.8 Å². The summed E-state index contributed by atoms with van der Waals surface area (Å²) in [6.45, 7) is 3.70. The first kappa shape index (κ1) is 12.1. The lowest BCUT2D eigenvalue weighted by Crippen LogP contribution is -2.39. The SMILES string of the molecule is CC(C)N(CC#N)C(=O)Oc1ccccc1. The number of amides is 1. The van der Waals surface area contributed by atoms with Crippen molar-refractivity contribution in [3.8, 4) is 11.8 Å². The van der Waals surface area contributed by atoms with Crippen LogP contribution in [0.5, 0.6) is 5.75 Å². The Morgan fingerprint density at radius 3 is 2.56 bits per heavy atom. The summed E-state index contributed by atoms with van der Waals surface area (Å²) >= 11 is 0. The molecule has 16 heavy (non-hydrogen) atoms. The molecule has 4 nitrogen and oxygen atoms in total. The molecule has 4 heteroatoms. The van der Waals surface area contributed by atoms with Crippen molar-refractivity contribution in [2.75, 3.05) is 6.54 Å². The Morgan fingerprint density at radius 2 is 2.06 bits per heavy atom. The molecule has 1 aromatic carbocycles. The fourth-order valence-electron chi connectivity index (χ4n) is 1.18. The van der Waals surface area contributed by atoms with Gasteiger partial charge in [0.05, 0.1) is 6.07 Å². The number of nitriles is 1. The van der Waals surface area contributed by atoms with Crippen molar-refractivity contribution in [2.45, 2.75) is 19.9 Å². The molecule has 0 aliphatic carbocycles. The van der Waals surface area contributed by atoms with Crippen LogP contribution in [0.4, 0.5) is 4.79 Å². The van der Waals surface area contributed by atoms with Crippen molar-refractivity contribution < 1.29 is 9.53 Å². The lowest BCUT2D eigenvalue weighted by molar-refractivity contribution is 0.146. The lowest BCUT2D eigenvalue weighted by Gasteiger charge is -2.22. The van der Waals surface area contributed by atoms with Gasteiger partial charge in [-0.05, 0) is 26.0 Å². The third-order valence-corrected chi connectivity index (χ3v) is 2.05. The van der Waals surface area contributed by atoms with Gasteiger partial charge in [-0.15, -0.1) is 0 Å². The average molecular weight is 218 g/mol. The maximum atomic E-state index is 11.7. The molecule has 0 radical (unpaired) electrons. The van der Waals surface area contributed by atoms with E-state index in [1.807, 2.05) is 26.0 Å². The first-order valence-electron chi connectivity index (χ1n) is 5.05. The molecule has 1 amide bonds. The summed E-state index contributed by atoms with van der Waals surface area (Å²) in [5, 5.41) is 8.60. The van der Waals surface area contributed by atoms with Crippen molar-refractivity contribution in [3.05, 3.63) is 30.3 Å². The van der Waals surface area contributed by atoms with Gasteiger partial charge in [-0.1, -0.05) is 18.2 Å². The molecule has 0 N–H and O–H groups in total. The lowest BCUT2D eigenvalue weighted by atomic mass is 10.3. The van der Waals surface area contributed by atoms with E-state index in [4.69, 9.17) is 10.00 Å². The molecule has 84 valence electrons. The number of nitrogens with zero attached hydrogens (tertiary/aromatic N) is 2. The highest BCUT2D eigenvalue weighted by molar-refractivity contribution is 5.71. The van der Waals surface area contributed by atoms with Gasteiger partial charge in [0.25, 0.3) is 0 Å². The number of rotatable bonds is 3. The Hall–Kier alpha value is -2.02. The Labute approximate surface area is 95.0 Å². The summed E-state index contributed by atoms with van der Waals surface area (Å²) in [6.07, 6.45) is -0.497. The highest BCUT2D eigenvalue weighted by Gasteiger charge is 2.18. The fraction of sp³-hybridized carbons (Fsp3) is 0.333. The van der Waals surface area contributed by atoms with E-state index in [1.54, 1.807) is 24.3 Å². The minimum atomic E-state index is -0.497. The first-order valence-corrected chi connectivity index (χ1v) is 5.05. The van der Waals surface area contributed by atoms with E-state index >= 15 is 0 Å². The van der Waals surface area contributed by atoms with Gasteiger partial charge in [0.1, 0.15) is 12.3 Å². The number of carbonyl (C=O) groups is 1.